The van der Waals surface area contributed by atoms with Gasteiger partial charge in [-0.3, -0.25) is 14.4 Å². The first kappa shape index (κ1) is 13.4. The van der Waals surface area contributed by atoms with Crippen LogP contribution in [0, 0.1) is 0 Å². The van der Waals surface area contributed by atoms with Crippen LogP contribution in [0.1, 0.15) is 0 Å². The smallest absolute Gasteiger partial charge is 0.323 e. The molecule has 4 nitrogen and oxygen atoms in total. The maximum Gasteiger partial charge on any atom is 0.359 e. The van der Waals surface area contributed by atoms with Gasteiger partial charge in [0.1, 0.15) is 0 Å². The molecule has 1 N–H and O–H groups in total. The van der Waals surface area contributed by atoms with E-state index in [4.69, 9.17) is 0 Å². The van der Waals surface area contributed by atoms with Crippen LogP contribution in [0.4, 0.5) is 0 Å². The molecular formula is C10H13NO3Si. The Kier molecular flexibility index (Phi) is 4.76. The second-order valence-electron chi connectivity index (χ2n) is 2.71. The maximum absolute atomic E-state index is 11.6. The molecule has 0 fully saturated rings. The third kappa shape index (κ3) is 2.08. The lowest BCUT2D eigenvalue weighted by molar-refractivity contribution is -0.115. The van der Waals surface area contributed by atoms with E-state index in [0.29, 0.717) is 0 Å². The van der Waals surface area contributed by atoms with Crippen molar-refractivity contribution in [2.24, 2.45) is 0 Å². The molecule has 0 aromatic carbocycles. The molecule has 0 bridgehead atoms. The Morgan fingerprint density at radius 2 is 1.20 bits per heavy atom. The van der Waals surface area contributed by atoms with Crippen LogP contribution in [0.15, 0.2) is 38.0 Å². The van der Waals surface area contributed by atoms with Gasteiger partial charge in [0, 0.05) is 0 Å². The van der Waals surface area contributed by atoms with Crippen molar-refractivity contribution in [2.75, 3.05) is 7.05 Å². The number of allylic oxidation sites excluding steroid dienone is 3. The average molecular weight is 223 g/mol. The van der Waals surface area contributed by atoms with Crippen molar-refractivity contribution in [3.8, 4) is 0 Å². The number of carbonyl (C=O) groups is 3. The molecule has 0 rings (SSSR count). The van der Waals surface area contributed by atoms with E-state index in [1.54, 1.807) is 0 Å². The topological polar surface area (TPSA) is 63.2 Å². The molecule has 0 amide bonds. The summed E-state index contributed by atoms with van der Waals surface area (Å²) >= 11 is 0. The lowest BCUT2D eigenvalue weighted by Crippen LogP contribution is -2.67. The van der Waals surface area contributed by atoms with E-state index in [1.807, 2.05) is 0 Å². The summed E-state index contributed by atoms with van der Waals surface area (Å²) in [7, 11) is -2.20. The number of hydrogen-bond acceptors (Lipinski definition) is 4. The molecule has 0 spiro atoms. The first-order valence-corrected chi connectivity index (χ1v) is 6.20. The van der Waals surface area contributed by atoms with Gasteiger partial charge in [-0.2, -0.15) is 0 Å². The van der Waals surface area contributed by atoms with Crippen molar-refractivity contribution < 1.29 is 14.4 Å². The minimum absolute atomic E-state index is 0.584. The van der Waals surface area contributed by atoms with E-state index in [9.17, 15) is 14.4 Å². The molecule has 0 aliphatic rings. The van der Waals surface area contributed by atoms with Gasteiger partial charge < -0.3 is 4.98 Å². The Morgan fingerprint density at radius 1 is 0.933 bits per heavy atom. The number of nitrogens with one attached hydrogen (secondary N) is 1. The second-order valence-corrected chi connectivity index (χ2v) is 6.18. The third-order valence-electron chi connectivity index (χ3n) is 2.04. The molecule has 0 aromatic rings. The van der Waals surface area contributed by atoms with Crippen LogP contribution in [0.3, 0.4) is 0 Å². The fourth-order valence-electron chi connectivity index (χ4n) is 1.19. The van der Waals surface area contributed by atoms with Crippen LogP contribution >= 0.6 is 0 Å². The highest BCUT2D eigenvalue weighted by atomic mass is 28.3. The molecule has 0 aromatic heterocycles. The fraction of sp³-hybridized carbons (Fsp3) is 0.100. The summed E-state index contributed by atoms with van der Waals surface area (Å²) in [5.74, 6) is 0. The Balaban J connectivity index is 5.69. The summed E-state index contributed by atoms with van der Waals surface area (Å²) in [4.78, 5) is 37.4. The largest absolute Gasteiger partial charge is 0.359 e. The van der Waals surface area contributed by atoms with Gasteiger partial charge in [-0.05, 0) is 25.3 Å². The third-order valence-corrected chi connectivity index (χ3v) is 5.62. The molecule has 5 heteroatoms. The molecule has 0 aliphatic heterocycles. The minimum atomic E-state index is -3.60. The van der Waals surface area contributed by atoms with E-state index in [-0.39, 0.29) is 0 Å². The van der Waals surface area contributed by atoms with Crippen LogP contribution in [0.5, 0.6) is 0 Å². The molecule has 0 heterocycles. The van der Waals surface area contributed by atoms with Gasteiger partial charge in [0.15, 0.2) is 16.2 Å². The average Bonchev–Trinajstić information content (AvgIpc) is 2.29. The minimum Gasteiger partial charge on any atom is -0.323 e. The first-order valence-electron chi connectivity index (χ1n) is 4.20. The highest BCUT2D eigenvalue weighted by molar-refractivity contribution is 7.41. The van der Waals surface area contributed by atoms with E-state index >= 15 is 0 Å². The van der Waals surface area contributed by atoms with Gasteiger partial charge in [-0.15, -0.1) is 0 Å². The normalized spacial score (nSPS) is 10.2. The zero-order chi connectivity index (χ0) is 12.1. The summed E-state index contributed by atoms with van der Waals surface area (Å²) in [5, 5.41) is -1.75. The first-order chi connectivity index (χ1) is 7.00. The van der Waals surface area contributed by atoms with Gasteiger partial charge in [-0.25, -0.2) is 0 Å². The van der Waals surface area contributed by atoms with Crippen LogP contribution in [0.2, 0.25) is 0 Å². The fourth-order valence-corrected chi connectivity index (χ4v) is 3.58. The Hall–Kier alpha value is -1.59. The van der Waals surface area contributed by atoms with Crippen molar-refractivity contribution >= 4 is 24.5 Å². The van der Waals surface area contributed by atoms with Crippen molar-refractivity contribution in [1.82, 2.24) is 4.98 Å². The van der Waals surface area contributed by atoms with Gasteiger partial charge in [0.25, 0.3) is 0 Å². The highest BCUT2D eigenvalue weighted by Gasteiger charge is 2.51. The van der Waals surface area contributed by atoms with Crippen molar-refractivity contribution in [3.05, 3.63) is 38.0 Å². The Bertz CT molecular complexity index is 296. The van der Waals surface area contributed by atoms with Crippen molar-refractivity contribution in [1.29, 1.82) is 0 Å². The molecule has 0 saturated carbocycles. The Morgan fingerprint density at radius 3 is 1.33 bits per heavy atom. The van der Waals surface area contributed by atoms with Crippen LogP contribution < -0.4 is 4.98 Å². The van der Waals surface area contributed by atoms with E-state index in [1.165, 1.54) is 7.05 Å². The standard InChI is InChI=1S/C10H13NO3Si/c1-5-8(12)15(11-4,9(13)6-2)10(14)7-3/h5-7,11H,1-3H2,4H3. The highest BCUT2D eigenvalue weighted by Crippen LogP contribution is 2.06. The van der Waals surface area contributed by atoms with Gasteiger partial charge in [-0.1, -0.05) is 19.7 Å². The maximum atomic E-state index is 11.6. The number of hydrogen-bond donors (Lipinski definition) is 1. The molecule has 0 atom stereocenters. The molecule has 0 unspecified atom stereocenters. The summed E-state index contributed by atoms with van der Waals surface area (Å²) in [5.41, 5.74) is 0. The van der Waals surface area contributed by atoms with Gasteiger partial charge in [0.2, 0.25) is 0 Å². The number of rotatable bonds is 7. The second kappa shape index (κ2) is 5.33. The predicted octanol–water partition coefficient (Wildman–Crippen LogP) is 0.0342. The van der Waals surface area contributed by atoms with Crippen LogP contribution in [-0.2, 0) is 14.4 Å². The zero-order valence-electron chi connectivity index (χ0n) is 8.58. The van der Waals surface area contributed by atoms with E-state index in [2.05, 4.69) is 24.7 Å². The summed E-state index contributed by atoms with van der Waals surface area (Å²) in [6.45, 7) is 9.84. The zero-order valence-corrected chi connectivity index (χ0v) is 9.58. The molecular weight excluding hydrogens is 210 g/mol. The van der Waals surface area contributed by atoms with Crippen molar-refractivity contribution in [2.45, 2.75) is 0 Å². The summed E-state index contributed by atoms with van der Waals surface area (Å²) in [6, 6.07) is 0. The predicted molar refractivity (Wildman–Crippen MR) is 60.4 cm³/mol. The molecule has 0 radical (unpaired) electrons. The molecule has 80 valence electrons. The summed E-state index contributed by atoms with van der Waals surface area (Å²) < 4.78 is 0. The molecule has 0 saturated heterocycles. The quantitative estimate of drug-likeness (QED) is 0.489. The Labute approximate surface area is 89.5 Å². The molecule has 15 heavy (non-hydrogen) atoms. The lowest BCUT2D eigenvalue weighted by Gasteiger charge is -2.21. The number of carbonyl (C=O) groups excluding carboxylic acids is 3. The van der Waals surface area contributed by atoms with Gasteiger partial charge >= 0.3 is 8.24 Å². The van der Waals surface area contributed by atoms with Gasteiger partial charge in [0.05, 0.1) is 0 Å². The SMILES string of the molecule is C=CC(=O)[Si](NC)(C(=O)C=C)C(=O)C=C. The monoisotopic (exact) mass is 223 g/mol. The van der Waals surface area contributed by atoms with E-state index in [0.717, 1.165) is 18.2 Å². The van der Waals surface area contributed by atoms with Crippen LogP contribution in [-0.4, -0.2) is 31.5 Å². The summed E-state index contributed by atoms with van der Waals surface area (Å²) in [6.07, 6.45) is 2.93. The van der Waals surface area contributed by atoms with E-state index < -0.39 is 24.5 Å². The lowest BCUT2D eigenvalue weighted by atomic mass is 10.7. The van der Waals surface area contributed by atoms with Crippen molar-refractivity contribution in [3.63, 3.8) is 0 Å². The molecule has 0 aliphatic carbocycles. The van der Waals surface area contributed by atoms with Crippen LogP contribution in [0.25, 0.3) is 0 Å².